The number of rotatable bonds is 16. The summed E-state index contributed by atoms with van der Waals surface area (Å²) < 4.78 is 11.1. The maximum Gasteiger partial charge on any atom is 0.407 e. The second-order valence-electron chi connectivity index (χ2n) is 11.9. The first kappa shape index (κ1) is 34.2. The highest BCUT2D eigenvalue weighted by Crippen LogP contribution is 2.35. The standard InChI is InChI=1S/C37H48N2O5/c1-5-33(28-14-9-8-10-15-28)35(29-17-21-31(40)22-18-29)30-19-23-32(24-20-30)43-27-13-25-38-34(41)16-11-6-7-12-26-44-36(42)39-37(2,3)4/h8-10,14-15,17-24,40H,5-7,11-13,16,25-27H2,1-4H3,(H,38,41)(H,39,42)/b35-33-. The SMILES string of the molecule is CC/C(=C(\c1ccc(O)cc1)c1ccc(OCCCNC(=O)CCCCCCOC(=O)NC(C)(C)C)cc1)c1ccccc1. The van der Waals surface area contributed by atoms with Crippen LogP contribution in [0.1, 0.15) is 89.3 Å². The van der Waals surface area contributed by atoms with Crippen molar-refractivity contribution in [3.8, 4) is 11.5 Å². The van der Waals surface area contributed by atoms with Gasteiger partial charge in [-0.15, -0.1) is 0 Å². The predicted molar refractivity (Wildman–Crippen MR) is 178 cm³/mol. The van der Waals surface area contributed by atoms with Crippen LogP contribution in [0.2, 0.25) is 0 Å². The van der Waals surface area contributed by atoms with Gasteiger partial charge in [0.25, 0.3) is 0 Å². The number of phenols is 1. The number of hydrogen-bond acceptors (Lipinski definition) is 5. The van der Waals surface area contributed by atoms with Crippen LogP contribution in [-0.2, 0) is 9.53 Å². The Morgan fingerprint density at radius 1 is 0.750 bits per heavy atom. The smallest absolute Gasteiger partial charge is 0.407 e. The van der Waals surface area contributed by atoms with Crippen molar-refractivity contribution < 1.29 is 24.2 Å². The lowest BCUT2D eigenvalue weighted by molar-refractivity contribution is -0.121. The molecule has 0 heterocycles. The van der Waals surface area contributed by atoms with Gasteiger partial charge in [0.05, 0.1) is 13.2 Å². The molecule has 0 aliphatic rings. The molecule has 0 unspecified atom stereocenters. The fourth-order valence-electron chi connectivity index (χ4n) is 4.85. The number of unbranched alkanes of at least 4 members (excludes halogenated alkanes) is 3. The van der Waals surface area contributed by atoms with E-state index in [0.717, 1.165) is 54.6 Å². The van der Waals surface area contributed by atoms with Crippen molar-refractivity contribution in [2.24, 2.45) is 0 Å². The average molecular weight is 601 g/mol. The Labute approximate surface area is 262 Å². The lowest BCUT2D eigenvalue weighted by Crippen LogP contribution is -2.41. The molecule has 0 bridgehead atoms. The maximum absolute atomic E-state index is 12.2. The lowest BCUT2D eigenvalue weighted by Gasteiger charge is -2.19. The van der Waals surface area contributed by atoms with Crippen LogP contribution < -0.4 is 15.4 Å². The molecule has 2 amide bonds. The van der Waals surface area contributed by atoms with Crippen molar-refractivity contribution in [1.29, 1.82) is 0 Å². The summed E-state index contributed by atoms with van der Waals surface area (Å²) in [5.41, 5.74) is 5.35. The molecule has 0 aliphatic carbocycles. The topological polar surface area (TPSA) is 96.9 Å². The second-order valence-corrected chi connectivity index (χ2v) is 11.9. The Morgan fingerprint density at radius 3 is 2.02 bits per heavy atom. The van der Waals surface area contributed by atoms with Crippen LogP contribution in [0.4, 0.5) is 4.79 Å². The summed E-state index contributed by atoms with van der Waals surface area (Å²) in [7, 11) is 0. The quantitative estimate of drug-likeness (QED) is 0.114. The van der Waals surface area contributed by atoms with Gasteiger partial charge in [0.2, 0.25) is 5.91 Å². The van der Waals surface area contributed by atoms with E-state index in [1.54, 1.807) is 12.1 Å². The third-order valence-corrected chi connectivity index (χ3v) is 7.00. The molecule has 0 aliphatic heterocycles. The third kappa shape index (κ3) is 12.2. The van der Waals surface area contributed by atoms with Crippen LogP contribution in [0.25, 0.3) is 11.1 Å². The zero-order chi connectivity index (χ0) is 31.8. The van der Waals surface area contributed by atoms with E-state index < -0.39 is 0 Å². The molecule has 0 radical (unpaired) electrons. The fraction of sp³-hybridized carbons (Fsp3) is 0.405. The van der Waals surface area contributed by atoms with E-state index in [1.165, 1.54) is 11.1 Å². The number of amides is 2. The van der Waals surface area contributed by atoms with E-state index in [1.807, 2.05) is 51.1 Å². The molecule has 236 valence electrons. The predicted octanol–water partition coefficient (Wildman–Crippen LogP) is 8.12. The zero-order valence-corrected chi connectivity index (χ0v) is 26.7. The van der Waals surface area contributed by atoms with Gasteiger partial charge in [0.15, 0.2) is 0 Å². The summed E-state index contributed by atoms with van der Waals surface area (Å²) in [6.07, 6.45) is 5.12. The van der Waals surface area contributed by atoms with Crippen LogP contribution in [0.5, 0.6) is 11.5 Å². The van der Waals surface area contributed by atoms with E-state index in [0.29, 0.717) is 32.6 Å². The minimum absolute atomic E-state index is 0.0499. The molecule has 0 saturated heterocycles. The molecule has 3 aromatic carbocycles. The number of phenolic OH excluding ortho intramolecular Hbond substituents is 1. The normalized spacial score (nSPS) is 11.8. The van der Waals surface area contributed by atoms with Crippen LogP contribution in [0.3, 0.4) is 0 Å². The minimum atomic E-state index is -0.390. The summed E-state index contributed by atoms with van der Waals surface area (Å²) in [4.78, 5) is 23.8. The van der Waals surface area contributed by atoms with Gasteiger partial charge in [-0.2, -0.15) is 0 Å². The highest BCUT2D eigenvalue weighted by atomic mass is 16.5. The molecular formula is C37H48N2O5. The third-order valence-electron chi connectivity index (χ3n) is 7.00. The first-order chi connectivity index (χ1) is 21.2. The van der Waals surface area contributed by atoms with Gasteiger partial charge in [-0.05, 0) is 98.6 Å². The largest absolute Gasteiger partial charge is 0.508 e. The van der Waals surface area contributed by atoms with Crippen molar-refractivity contribution in [3.05, 3.63) is 95.6 Å². The van der Waals surface area contributed by atoms with E-state index in [2.05, 4.69) is 54.0 Å². The van der Waals surface area contributed by atoms with E-state index in [-0.39, 0.29) is 23.3 Å². The number of benzene rings is 3. The Balaban J connectivity index is 1.40. The van der Waals surface area contributed by atoms with Gasteiger partial charge in [-0.3, -0.25) is 4.79 Å². The van der Waals surface area contributed by atoms with Gasteiger partial charge < -0.3 is 25.2 Å². The van der Waals surface area contributed by atoms with Crippen LogP contribution in [-0.4, -0.2) is 42.4 Å². The summed E-state index contributed by atoms with van der Waals surface area (Å²) in [5, 5.41) is 15.6. The Bertz CT molecular complexity index is 1330. The number of ether oxygens (including phenoxy) is 2. The number of allylic oxidation sites excluding steroid dienone is 1. The van der Waals surface area contributed by atoms with Crippen molar-refractivity contribution in [2.45, 2.75) is 78.2 Å². The number of hydrogen-bond donors (Lipinski definition) is 3. The molecule has 7 nitrogen and oxygen atoms in total. The number of alkyl carbamates (subject to hydrolysis) is 1. The van der Waals surface area contributed by atoms with Gasteiger partial charge in [-0.25, -0.2) is 4.79 Å². The van der Waals surface area contributed by atoms with Crippen molar-refractivity contribution >= 4 is 23.1 Å². The molecule has 3 N–H and O–H groups in total. The molecule has 0 saturated carbocycles. The number of aromatic hydroxyl groups is 1. The first-order valence-corrected chi connectivity index (χ1v) is 15.7. The summed E-state index contributed by atoms with van der Waals surface area (Å²) >= 11 is 0. The van der Waals surface area contributed by atoms with Crippen molar-refractivity contribution in [3.63, 3.8) is 0 Å². The van der Waals surface area contributed by atoms with Gasteiger partial charge in [-0.1, -0.05) is 74.4 Å². The Kier molecular flexibility index (Phi) is 13.8. The molecule has 3 rings (SSSR count). The van der Waals surface area contributed by atoms with E-state index >= 15 is 0 Å². The second kappa shape index (κ2) is 17.8. The summed E-state index contributed by atoms with van der Waals surface area (Å²) in [5.74, 6) is 1.07. The van der Waals surface area contributed by atoms with E-state index in [4.69, 9.17) is 9.47 Å². The molecule has 44 heavy (non-hydrogen) atoms. The molecule has 3 aromatic rings. The zero-order valence-electron chi connectivity index (χ0n) is 26.7. The van der Waals surface area contributed by atoms with Crippen molar-refractivity contribution in [2.75, 3.05) is 19.8 Å². The fourth-order valence-corrected chi connectivity index (χ4v) is 4.85. The highest BCUT2D eigenvalue weighted by molar-refractivity contribution is 5.98. The molecule has 0 fully saturated rings. The van der Waals surface area contributed by atoms with Crippen molar-refractivity contribution in [1.82, 2.24) is 10.6 Å². The van der Waals surface area contributed by atoms with Crippen LogP contribution >= 0.6 is 0 Å². The lowest BCUT2D eigenvalue weighted by atomic mass is 9.88. The Hall–Kier alpha value is -4.26. The maximum atomic E-state index is 12.2. The molecule has 0 atom stereocenters. The Morgan fingerprint density at radius 2 is 1.39 bits per heavy atom. The van der Waals surface area contributed by atoms with Gasteiger partial charge in [0, 0.05) is 18.5 Å². The molecule has 0 aromatic heterocycles. The van der Waals surface area contributed by atoms with Gasteiger partial charge >= 0.3 is 6.09 Å². The monoisotopic (exact) mass is 600 g/mol. The summed E-state index contributed by atoms with van der Waals surface area (Å²) in [6, 6.07) is 25.8. The number of carbonyl (C=O) groups excluding carboxylic acids is 2. The first-order valence-electron chi connectivity index (χ1n) is 15.7. The minimum Gasteiger partial charge on any atom is -0.508 e. The van der Waals surface area contributed by atoms with Crippen LogP contribution in [0, 0.1) is 0 Å². The molecular weight excluding hydrogens is 552 g/mol. The molecule has 7 heteroatoms. The number of carbonyl (C=O) groups is 2. The summed E-state index contributed by atoms with van der Waals surface area (Å²) in [6.45, 7) is 9.36. The number of nitrogens with one attached hydrogen (secondary N) is 2. The van der Waals surface area contributed by atoms with E-state index in [9.17, 15) is 14.7 Å². The van der Waals surface area contributed by atoms with Crippen LogP contribution in [0.15, 0.2) is 78.9 Å². The average Bonchev–Trinajstić information content (AvgIpc) is 3.00. The van der Waals surface area contributed by atoms with Gasteiger partial charge in [0.1, 0.15) is 11.5 Å². The molecule has 0 spiro atoms. The highest BCUT2D eigenvalue weighted by Gasteiger charge is 2.15.